The minimum Gasteiger partial charge on any atom is -0.480 e. The number of rotatable bonds is 23. The van der Waals surface area contributed by atoms with Crippen LogP contribution in [-0.4, -0.2) is 118 Å². The van der Waals surface area contributed by atoms with Gasteiger partial charge in [-0.2, -0.15) is 9.59 Å². The predicted octanol–water partition coefficient (Wildman–Crippen LogP) is 7.97. The fourth-order valence-corrected chi connectivity index (χ4v) is 9.55. The van der Waals surface area contributed by atoms with Gasteiger partial charge in [0.1, 0.15) is 36.5 Å². The van der Waals surface area contributed by atoms with Crippen LogP contribution in [-0.2, 0) is 65.3 Å². The Hall–Kier alpha value is -8.60. The Morgan fingerprint density at radius 2 is 0.928 bits per heavy atom. The average molecular weight is 1140 g/mol. The molecule has 0 spiro atoms. The summed E-state index contributed by atoms with van der Waals surface area (Å²) in [6, 6.07) is 30.4. The molecule has 6 N–H and O–H groups in total. The lowest BCUT2D eigenvalue weighted by molar-refractivity contribution is -0.156. The van der Waals surface area contributed by atoms with Crippen molar-refractivity contribution in [2.45, 2.75) is 154 Å². The van der Waals surface area contributed by atoms with Crippen LogP contribution >= 0.6 is 0 Å². The molecule has 0 radical (unpaired) electrons. The van der Waals surface area contributed by atoms with Gasteiger partial charge >= 0.3 is 30.1 Å². The molecule has 0 aliphatic heterocycles. The standard InChI is InChI=1S/C30H38N6O5.C27H33NO6.C3H7N5/c1-30(2,3)41-27(37)17-7-5-6-16-25(28(38)31-18-26-33-35-36(4)34-26)32-29(39)40-19-24-22-14-10-8-12-20(22)21-13-9-11-15-23(21)24;1-27(2,3)34-24(29)16-6-4-5-15-23(25(30)31)28-26(32)33-17-22-20-13-9-7-11-18(20)19-12-8-10-14-21(19)22;1-8-6-3(2-4)5-7-8/h8-15,24-25H,5-7,16-19H2,1-4H3,(H,31,38)(H,32,39);7-14,22-23H,4-6,15-17H2,1-3H3,(H,28,32)(H,30,31);2,4H2,1H3/t25-;23-;/m00./s1. The molecule has 0 bridgehead atoms. The van der Waals surface area contributed by atoms with Gasteiger partial charge in [-0.25, -0.2) is 14.4 Å². The van der Waals surface area contributed by atoms with Crippen molar-refractivity contribution in [2.75, 3.05) is 13.2 Å². The number of tetrazole rings is 2. The number of carboxylic acids is 1. The van der Waals surface area contributed by atoms with Crippen molar-refractivity contribution in [3.05, 3.63) is 131 Å². The number of fused-ring (bicyclic) bond motifs is 6. The number of carbonyl (C=O) groups is 6. The number of nitrogens with zero attached hydrogens (tertiary/aromatic N) is 8. The van der Waals surface area contributed by atoms with E-state index >= 15 is 0 Å². The van der Waals surface area contributed by atoms with E-state index in [1.165, 1.54) is 9.59 Å². The van der Waals surface area contributed by atoms with Crippen LogP contribution in [0.4, 0.5) is 9.59 Å². The molecule has 0 saturated heterocycles. The highest BCUT2D eigenvalue weighted by Crippen LogP contribution is 2.45. The molecule has 0 saturated carbocycles. The number of alkyl carbamates (subject to hydrolysis) is 2. The lowest BCUT2D eigenvalue weighted by atomic mass is 9.98. The number of ether oxygens (including phenoxy) is 4. The van der Waals surface area contributed by atoms with Crippen LogP contribution in [0.15, 0.2) is 97.1 Å². The van der Waals surface area contributed by atoms with Gasteiger partial charge in [-0.15, -0.1) is 20.4 Å². The highest BCUT2D eigenvalue weighted by molar-refractivity contribution is 5.86. The Balaban J connectivity index is 0.000000237. The fraction of sp³-hybridized carbons (Fsp3) is 0.467. The summed E-state index contributed by atoms with van der Waals surface area (Å²) in [7, 11) is 3.34. The lowest BCUT2D eigenvalue weighted by Crippen LogP contribution is -2.47. The van der Waals surface area contributed by atoms with Gasteiger partial charge in [0.2, 0.25) is 5.91 Å². The van der Waals surface area contributed by atoms with Crippen molar-refractivity contribution in [3.63, 3.8) is 0 Å². The van der Waals surface area contributed by atoms with E-state index in [2.05, 4.69) is 83.2 Å². The van der Waals surface area contributed by atoms with E-state index in [4.69, 9.17) is 24.7 Å². The Labute approximate surface area is 483 Å². The molecule has 444 valence electrons. The van der Waals surface area contributed by atoms with Gasteiger partial charge in [-0.3, -0.25) is 14.4 Å². The molecule has 2 aromatic heterocycles. The van der Waals surface area contributed by atoms with E-state index in [1.807, 2.05) is 102 Å². The number of aromatic nitrogens is 8. The van der Waals surface area contributed by atoms with E-state index in [-0.39, 0.29) is 62.3 Å². The maximum atomic E-state index is 13.0. The molecular formula is C60H78N12O11. The number of nitrogens with two attached hydrogens (primary N) is 1. The molecule has 3 amide bonds. The molecule has 8 rings (SSSR count). The largest absolute Gasteiger partial charge is 0.480 e. The average Bonchev–Trinajstić information content (AvgIpc) is 4.18. The van der Waals surface area contributed by atoms with Gasteiger partial charge in [-0.1, -0.05) is 123 Å². The quantitative estimate of drug-likeness (QED) is 0.0231. The number of carboxylic acid groups (broad SMARTS) is 1. The van der Waals surface area contributed by atoms with Crippen LogP contribution in [0.2, 0.25) is 0 Å². The Kier molecular flexibility index (Phi) is 23.3. The van der Waals surface area contributed by atoms with E-state index < -0.39 is 41.4 Å². The molecule has 23 heteroatoms. The second-order valence-electron chi connectivity index (χ2n) is 22.1. The summed E-state index contributed by atoms with van der Waals surface area (Å²) in [4.78, 5) is 76.4. The van der Waals surface area contributed by atoms with Crippen LogP contribution in [0.3, 0.4) is 0 Å². The fourth-order valence-electron chi connectivity index (χ4n) is 9.55. The highest BCUT2D eigenvalue weighted by atomic mass is 16.6. The van der Waals surface area contributed by atoms with Crippen molar-refractivity contribution >= 4 is 36.0 Å². The summed E-state index contributed by atoms with van der Waals surface area (Å²) >= 11 is 0. The number of benzene rings is 4. The highest BCUT2D eigenvalue weighted by Gasteiger charge is 2.32. The second-order valence-corrected chi connectivity index (χ2v) is 22.1. The predicted molar refractivity (Wildman–Crippen MR) is 307 cm³/mol. The molecule has 2 heterocycles. The minimum atomic E-state index is -1.11. The number of carbonyl (C=O) groups excluding carboxylic acids is 5. The second kappa shape index (κ2) is 30.5. The van der Waals surface area contributed by atoms with Crippen molar-refractivity contribution < 1.29 is 52.8 Å². The van der Waals surface area contributed by atoms with Crippen molar-refractivity contribution in [2.24, 2.45) is 19.8 Å². The summed E-state index contributed by atoms with van der Waals surface area (Å²) in [6.07, 6.45) is 3.56. The van der Waals surface area contributed by atoms with Crippen LogP contribution in [0.1, 0.15) is 151 Å². The van der Waals surface area contributed by atoms with Crippen LogP contribution < -0.4 is 21.7 Å². The molecule has 2 aliphatic carbocycles. The number of esters is 2. The van der Waals surface area contributed by atoms with Gasteiger partial charge < -0.3 is 45.7 Å². The van der Waals surface area contributed by atoms with Crippen molar-refractivity contribution in [3.8, 4) is 22.3 Å². The number of hydrogen-bond acceptors (Lipinski definition) is 17. The van der Waals surface area contributed by atoms with E-state index in [0.717, 1.165) is 44.5 Å². The van der Waals surface area contributed by atoms with E-state index in [0.29, 0.717) is 69.6 Å². The molecule has 2 aliphatic rings. The number of unbranched alkanes of at least 4 members (excludes halogenated alkanes) is 4. The van der Waals surface area contributed by atoms with Gasteiger partial charge in [0.25, 0.3) is 0 Å². The third-order valence-electron chi connectivity index (χ3n) is 13.2. The van der Waals surface area contributed by atoms with Gasteiger partial charge in [0, 0.05) is 24.7 Å². The summed E-state index contributed by atoms with van der Waals surface area (Å²) in [5.74, 6) is -1.24. The minimum absolute atomic E-state index is 0.0776. The summed E-state index contributed by atoms with van der Waals surface area (Å²) in [6.45, 7) is 11.7. The van der Waals surface area contributed by atoms with Gasteiger partial charge in [0.15, 0.2) is 11.6 Å². The topological polar surface area (TPSA) is 309 Å². The summed E-state index contributed by atoms with van der Waals surface area (Å²) in [5, 5.41) is 40.1. The summed E-state index contributed by atoms with van der Waals surface area (Å²) in [5.41, 5.74) is 13.1. The zero-order valence-electron chi connectivity index (χ0n) is 48.6. The first-order valence-corrected chi connectivity index (χ1v) is 27.9. The van der Waals surface area contributed by atoms with Crippen molar-refractivity contribution in [1.29, 1.82) is 0 Å². The van der Waals surface area contributed by atoms with Gasteiger partial charge in [-0.05, 0) is 122 Å². The Morgan fingerprint density at radius 3 is 1.28 bits per heavy atom. The third kappa shape index (κ3) is 20.1. The third-order valence-corrected chi connectivity index (χ3v) is 13.2. The van der Waals surface area contributed by atoms with E-state index in [9.17, 15) is 33.9 Å². The molecule has 23 nitrogen and oxygen atoms in total. The molecule has 6 aromatic rings. The normalized spacial score (nSPS) is 13.0. The first-order chi connectivity index (χ1) is 39.6. The molecule has 2 atom stereocenters. The zero-order valence-corrected chi connectivity index (χ0v) is 48.6. The zero-order chi connectivity index (χ0) is 60.1. The van der Waals surface area contributed by atoms with Gasteiger partial charge in [0.05, 0.1) is 27.2 Å². The first kappa shape index (κ1) is 63.6. The smallest absolute Gasteiger partial charge is 0.407 e. The molecule has 4 aromatic carbocycles. The number of aryl methyl sites for hydroxylation is 2. The van der Waals surface area contributed by atoms with Crippen LogP contribution in [0.25, 0.3) is 22.3 Å². The summed E-state index contributed by atoms with van der Waals surface area (Å²) < 4.78 is 21.7. The molecular weight excluding hydrogens is 1060 g/mol. The first-order valence-electron chi connectivity index (χ1n) is 27.9. The molecule has 0 fully saturated rings. The Bertz CT molecular complexity index is 3040. The van der Waals surface area contributed by atoms with Crippen LogP contribution in [0, 0.1) is 0 Å². The molecule has 0 unspecified atom stereocenters. The maximum Gasteiger partial charge on any atom is 0.407 e. The van der Waals surface area contributed by atoms with E-state index in [1.54, 1.807) is 14.1 Å². The monoisotopic (exact) mass is 1140 g/mol. The lowest BCUT2D eigenvalue weighted by Gasteiger charge is -2.20. The number of aliphatic carboxylic acids is 1. The SMILES string of the molecule is CC(C)(C)OC(=O)CCCCC[C@H](NC(=O)OCC1c2ccccc2-c2ccccc21)C(=O)O.Cn1nnc(CN)n1.Cn1nnc(CNC(=O)[C@H](CCCCCC(=O)OC(C)(C)C)NC(=O)OCC2c3ccccc3-c3ccccc32)n1. The van der Waals surface area contributed by atoms with Crippen LogP contribution in [0.5, 0.6) is 0 Å². The number of nitrogens with one attached hydrogen (secondary N) is 3. The van der Waals surface area contributed by atoms with Crippen molar-refractivity contribution in [1.82, 2.24) is 56.4 Å². The molecule has 83 heavy (non-hydrogen) atoms. The maximum absolute atomic E-state index is 13.0. The Morgan fingerprint density at radius 1 is 0.554 bits per heavy atom. The number of amides is 3. The number of hydrogen-bond donors (Lipinski definition) is 5.